The van der Waals surface area contributed by atoms with Crippen molar-refractivity contribution in [1.29, 1.82) is 0 Å². The number of esters is 4. The van der Waals surface area contributed by atoms with E-state index in [0.29, 0.717) is 58.3 Å². The van der Waals surface area contributed by atoms with Crippen LogP contribution >= 0.6 is 0 Å². The summed E-state index contributed by atoms with van der Waals surface area (Å²) in [6.45, 7) is 10.1. The fraction of sp³-hybridized carbons (Fsp3) is 0.902. The summed E-state index contributed by atoms with van der Waals surface area (Å²) in [6, 6.07) is 0. The fourth-order valence-electron chi connectivity index (χ4n) is 7.38. The average Bonchev–Trinajstić information content (AvgIpc) is 3.26. The Balaban J connectivity index is 4.77. The second-order valence-corrected chi connectivity index (χ2v) is 17.8. The van der Waals surface area contributed by atoms with Gasteiger partial charge in [-0.05, 0) is 78.3 Å². The molecule has 0 N–H and O–H groups in total. The summed E-state index contributed by atoms with van der Waals surface area (Å²) in [5.41, 5.74) is 0. The molecule has 12 nitrogen and oxygen atoms in total. The van der Waals surface area contributed by atoms with Gasteiger partial charge in [0, 0.05) is 6.54 Å². The molecule has 2 unspecified atom stereocenters. The van der Waals surface area contributed by atoms with E-state index >= 15 is 0 Å². The lowest BCUT2D eigenvalue weighted by Gasteiger charge is -2.17. The number of rotatable bonds is 45. The molecule has 0 rings (SSSR count). The Morgan fingerprint density at radius 1 is 0.381 bits per heavy atom. The van der Waals surface area contributed by atoms with Crippen LogP contribution in [0.2, 0.25) is 0 Å². The molecule has 0 spiro atoms. The molecule has 0 heterocycles. The lowest BCUT2D eigenvalue weighted by Crippen LogP contribution is -2.33. The summed E-state index contributed by atoms with van der Waals surface area (Å²) in [5, 5.41) is 0. The highest BCUT2D eigenvalue weighted by atomic mass is 16.7. The van der Waals surface area contributed by atoms with Crippen LogP contribution in [0.5, 0.6) is 0 Å². The quantitative estimate of drug-likeness (QED) is 0.0326. The monoisotopic (exact) mass is 898 g/mol. The van der Waals surface area contributed by atoms with Gasteiger partial charge in [-0.25, -0.2) is 9.59 Å². The Morgan fingerprint density at radius 2 is 0.714 bits per heavy atom. The highest BCUT2D eigenvalue weighted by molar-refractivity contribution is 5.83. The molecule has 0 aliphatic heterocycles. The van der Waals surface area contributed by atoms with Gasteiger partial charge in [0.05, 0.1) is 44.7 Å². The Labute approximate surface area is 384 Å². The van der Waals surface area contributed by atoms with Gasteiger partial charge >= 0.3 is 30.0 Å². The first-order valence-corrected chi connectivity index (χ1v) is 25.7. The maximum absolute atomic E-state index is 13.0. The van der Waals surface area contributed by atoms with E-state index in [1.165, 1.54) is 64.2 Å². The summed E-state index contributed by atoms with van der Waals surface area (Å²) in [4.78, 5) is 65.9. The molecule has 63 heavy (non-hydrogen) atoms. The number of nitrogens with zero attached hydrogens (tertiary/aromatic N) is 1. The Morgan fingerprint density at radius 3 is 1.11 bits per heavy atom. The maximum Gasteiger partial charge on any atom is 0.509 e. The molecule has 0 amide bonds. The van der Waals surface area contributed by atoms with Gasteiger partial charge in [0.15, 0.2) is 0 Å². The van der Waals surface area contributed by atoms with E-state index in [1.807, 2.05) is 19.0 Å². The molecule has 0 aromatic rings. The van der Waals surface area contributed by atoms with Gasteiger partial charge in [-0.3, -0.25) is 14.4 Å². The van der Waals surface area contributed by atoms with Crippen molar-refractivity contribution in [3.63, 3.8) is 0 Å². The third kappa shape index (κ3) is 38.1. The van der Waals surface area contributed by atoms with Crippen molar-refractivity contribution in [1.82, 2.24) is 4.90 Å². The number of carbonyl (C=O) groups excluding carboxylic acids is 5. The zero-order valence-electron chi connectivity index (χ0n) is 41.3. The van der Waals surface area contributed by atoms with Gasteiger partial charge < -0.3 is 33.3 Å². The Hall–Kier alpha value is -2.89. The first-order valence-electron chi connectivity index (χ1n) is 25.7. The van der Waals surface area contributed by atoms with E-state index in [0.717, 1.165) is 89.9 Å². The van der Waals surface area contributed by atoms with Crippen molar-refractivity contribution in [3.05, 3.63) is 0 Å². The summed E-state index contributed by atoms with van der Waals surface area (Å²) in [7, 11) is 3.69. The lowest BCUT2D eigenvalue weighted by atomic mass is 9.94. The van der Waals surface area contributed by atoms with Gasteiger partial charge in [0.2, 0.25) is 6.10 Å². The molecular weight excluding hydrogens is 803 g/mol. The van der Waals surface area contributed by atoms with Crippen molar-refractivity contribution in [2.24, 2.45) is 11.8 Å². The van der Waals surface area contributed by atoms with E-state index in [1.54, 1.807) is 0 Å². The van der Waals surface area contributed by atoms with Crippen LogP contribution in [0.4, 0.5) is 4.79 Å². The molecule has 0 aromatic heterocycles. The van der Waals surface area contributed by atoms with Crippen LogP contribution in [0.15, 0.2) is 0 Å². The van der Waals surface area contributed by atoms with E-state index in [2.05, 4.69) is 27.7 Å². The van der Waals surface area contributed by atoms with Gasteiger partial charge in [-0.2, -0.15) is 0 Å². The van der Waals surface area contributed by atoms with Gasteiger partial charge in [0.25, 0.3) is 0 Å². The molecule has 0 saturated heterocycles. The van der Waals surface area contributed by atoms with Crippen molar-refractivity contribution >= 4 is 30.0 Å². The third-order valence-corrected chi connectivity index (χ3v) is 11.5. The number of carbonyl (C=O) groups is 5. The highest BCUT2D eigenvalue weighted by Crippen LogP contribution is 2.22. The first kappa shape index (κ1) is 60.1. The lowest BCUT2D eigenvalue weighted by molar-refractivity contribution is -0.161. The number of unbranched alkanes of at least 4 members (excludes halogenated alkanes) is 20. The molecule has 0 radical (unpaired) electrons. The van der Waals surface area contributed by atoms with Crippen molar-refractivity contribution in [2.75, 3.05) is 53.7 Å². The van der Waals surface area contributed by atoms with Crippen LogP contribution < -0.4 is 0 Å². The topological polar surface area (TPSA) is 144 Å². The van der Waals surface area contributed by atoms with E-state index < -0.39 is 30.6 Å². The number of hydrogen-bond donors (Lipinski definition) is 0. The minimum Gasteiger partial charge on any atom is -0.465 e. The smallest absolute Gasteiger partial charge is 0.465 e. The highest BCUT2D eigenvalue weighted by Gasteiger charge is 2.29. The van der Waals surface area contributed by atoms with Crippen molar-refractivity contribution in [3.8, 4) is 0 Å². The molecule has 12 heteroatoms. The van der Waals surface area contributed by atoms with Crippen LogP contribution in [0.1, 0.15) is 227 Å². The molecule has 370 valence electrons. The second-order valence-electron chi connectivity index (χ2n) is 17.8. The molecular formula is C51H95NO11. The molecule has 0 saturated carbocycles. The standard InChI is InChI=1S/C51H95NO11/c1-7-11-15-19-21-27-35-44(33-25-17-13-9-3)48(54)59-38-29-23-31-40-61-50(56)46(43-47(53)58-42-37-52(5)6)63-51(57)62-41-32-24-30-39-60-49(55)45(34-26-18-14-10-4)36-28-22-20-16-12-8-2/h44-46H,7-43H2,1-6H3/t44?,45?,46-/m0/s1. The van der Waals surface area contributed by atoms with Crippen LogP contribution in [0.25, 0.3) is 0 Å². The molecule has 0 aromatic carbocycles. The Bertz CT molecular complexity index is 1120. The maximum atomic E-state index is 13.0. The first-order chi connectivity index (χ1) is 30.6. The molecule has 0 aliphatic carbocycles. The summed E-state index contributed by atoms with van der Waals surface area (Å²) in [5.74, 6) is -1.86. The summed E-state index contributed by atoms with van der Waals surface area (Å²) < 4.78 is 32.5. The Kier molecular flexibility index (Phi) is 42.3. The summed E-state index contributed by atoms with van der Waals surface area (Å²) >= 11 is 0. The van der Waals surface area contributed by atoms with E-state index in [9.17, 15) is 24.0 Å². The predicted molar refractivity (Wildman–Crippen MR) is 251 cm³/mol. The van der Waals surface area contributed by atoms with Gasteiger partial charge in [-0.15, -0.1) is 0 Å². The summed E-state index contributed by atoms with van der Waals surface area (Å²) in [6.07, 6.45) is 27.5. The minimum atomic E-state index is -1.52. The number of ether oxygens (including phenoxy) is 6. The fourth-order valence-corrected chi connectivity index (χ4v) is 7.38. The second kappa shape index (κ2) is 44.3. The van der Waals surface area contributed by atoms with E-state index in [-0.39, 0.29) is 43.6 Å². The normalized spacial score (nSPS) is 12.7. The van der Waals surface area contributed by atoms with Crippen LogP contribution in [0, 0.1) is 11.8 Å². The van der Waals surface area contributed by atoms with Gasteiger partial charge in [0.1, 0.15) is 6.61 Å². The zero-order chi connectivity index (χ0) is 46.6. The molecule has 0 fully saturated rings. The number of hydrogen-bond acceptors (Lipinski definition) is 12. The van der Waals surface area contributed by atoms with E-state index in [4.69, 9.17) is 28.4 Å². The van der Waals surface area contributed by atoms with Crippen LogP contribution in [-0.2, 0) is 47.6 Å². The number of likely N-dealkylation sites (N-methyl/N-ethyl adjacent to an activating group) is 1. The molecule has 0 bridgehead atoms. The van der Waals surface area contributed by atoms with Crippen molar-refractivity contribution < 1.29 is 52.4 Å². The largest absolute Gasteiger partial charge is 0.509 e. The molecule has 0 aliphatic rings. The SMILES string of the molecule is CCCCCCCCC(CCCCCC)C(=O)OCCCCCOC(=O)O[C@@H](CC(=O)OCCN(C)C)C(=O)OCCCCCOC(=O)C(CCCCCC)CCCCCCCC. The minimum absolute atomic E-state index is 0.0448. The van der Waals surface area contributed by atoms with Crippen LogP contribution in [-0.4, -0.2) is 94.7 Å². The predicted octanol–water partition coefficient (Wildman–Crippen LogP) is 12.6. The van der Waals surface area contributed by atoms with Crippen molar-refractivity contribution in [2.45, 2.75) is 233 Å². The third-order valence-electron chi connectivity index (χ3n) is 11.5. The van der Waals surface area contributed by atoms with Gasteiger partial charge in [-0.1, -0.05) is 156 Å². The average molecular weight is 898 g/mol. The molecule has 3 atom stereocenters. The zero-order valence-corrected chi connectivity index (χ0v) is 41.3. The van der Waals surface area contributed by atoms with Crippen LogP contribution in [0.3, 0.4) is 0 Å².